The quantitative estimate of drug-likeness (QED) is 0.594. The molecule has 3 heterocycles. The maximum Gasteiger partial charge on any atom is 0.410 e. The van der Waals surface area contributed by atoms with E-state index in [4.69, 9.17) is 25.8 Å². The Bertz CT molecular complexity index is 933. The molecule has 2 saturated heterocycles. The van der Waals surface area contributed by atoms with Gasteiger partial charge in [-0.3, -0.25) is 0 Å². The summed E-state index contributed by atoms with van der Waals surface area (Å²) in [7, 11) is 0. The number of ether oxygens (including phenoxy) is 3. The zero-order valence-corrected chi connectivity index (χ0v) is 20.7. The van der Waals surface area contributed by atoms with Crippen molar-refractivity contribution >= 4 is 29.5 Å². The van der Waals surface area contributed by atoms with Crippen molar-refractivity contribution in [1.29, 1.82) is 0 Å². The summed E-state index contributed by atoms with van der Waals surface area (Å²) in [6.45, 7) is 8.72. The number of hydrogen-bond acceptors (Lipinski definition) is 8. The lowest BCUT2D eigenvalue weighted by Crippen LogP contribution is -2.61. The molecule has 10 nitrogen and oxygen atoms in total. The Kier molecular flexibility index (Phi) is 7.12. The topological polar surface area (TPSA) is 113 Å². The summed E-state index contributed by atoms with van der Waals surface area (Å²) in [5.41, 5.74) is -0.820. The Morgan fingerprint density at radius 3 is 2.76 bits per heavy atom. The fraction of sp³-hybridized carbons (Fsp3) is 0.696. The largest absolute Gasteiger partial charge is 0.491 e. The molecule has 1 aliphatic carbocycles. The minimum atomic E-state index is -1.12. The standard InChI is InChI=1S/C23H33ClN4O6/c1-22(2,3)34-21(31)27-8-7-25-15(12-27)13-33-16-11-17(24)26-19(18(16)20(29)30)28-9-10-32-14-23(28)5-4-6-23/h11,15,25H,4-10,12-14H2,1-3H3,(H,29,30)/t15-/m1/s1. The van der Waals surface area contributed by atoms with Crippen molar-refractivity contribution in [2.75, 3.05) is 50.9 Å². The van der Waals surface area contributed by atoms with Gasteiger partial charge in [-0.05, 0) is 40.0 Å². The molecule has 2 aliphatic heterocycles. The number of nitrogens with zero attached hydrogens (tertiary/aromatic N) is 3. The average Bonchev–Trinajstić information content (AvgIpc) is 2.75. The van der Waals surface area contributed by atoms with Gasteiger partial charge in [0.1, 0.15) is 34.5 Å². The van der Waals surface area contributed by atoms with Gasteiger partial charge >= 0.3 is 12.1 Å². The second kappa shape index (κ2) is 9.75. The normalized spacial score (nSPS) is 22.3. The molecule has 34 heavy (non-hydrogen) atoms. The summed E-state index contributed by atoms with van der Waals surface area (Å²) in [4.78, 5) is 32.9. The van der Waals surface area contributed by atoms with Crippen molar-refractivity contribution < 1.29 is 28.9 Å². The molecule has 0 radical (unpaired) electrons. The summed E-state index contributed by atoms with van der Waals surface area (Å²) in [5, 5.41) is 13.6. The Labute approximate surface area is 204 Å². The summed E-state index contributed by atoms with van der Waals surface area (Å²) < 4.78 is 17.2. The number of carbonyl (C=O) groups excluding carboxylic acids is 1. The first-order valence-corrected chi connectivity index (χ1v) is 12.1. The molecule has 3 fully saturated rings. The Hall–Kier alpha value is -2.30. The molecule has 4 rings (SSSR count). The number of aromatic carboxylic acids is 1. The predicted molar refractivity (Wildman–Crippen MR) is 126 cm³/mol. The summed E-state index contributed by atoms with van der Waals surface area (Å²) in [6.07, 6.45) is 2.53. The number of morpholine rings is 1. The minimum Gasteiger partial charge on any atom is -0.491 e. The van der Waals surface area contributed by atoms with E-state index < -0.39 is 11.6 Å². The number of rotatable bonds is 5. The highest BCUT2D eigenvalue weighted by Crippen LogP contribution is 2.44. The number of nitrogens with one attached hydrogen (secondary N) is 1. The van der Waals surface area contributed by atoms with Gasteiger partial charge in [-0.25, -0.2) is 14.6 Å². The van der Waals surface area contributed by atoms with Crippen LogP contribution in [0.2, 0.25) is 5.15 Å². The molecule has 0 aromatic carbocycles. The highest BCUT2D eigenvalue weighted by atomic mass is 35.5. The molecule has 2 N–H and O–H groups in total. The summed E-state index contributed by atoms with van der Waals surface area (Å²) in [6, 6.07) is 1.25. The van der Waals surface area contributed by atoms with Crippen LogP contribution in [-0.2, 0) is 9.47 Å². The molecule has 1 amide bonds. The first-order chi connectivity index (χ1) is 16.1. The number of carbonyl (C=O) groups is 2. The van der Waals surface area contributed by atoms with E-state index >= 15 is 0 Å². The maximum absolute atomic E-state index is 12.5. The third-order valence-corrected chi connectivity index (χ3v) is 6.63. The fourth-order valence-corrected chi connectivity index (χ4v) is 4.85. The third kappa shape index (κ3) is 5.34. The molecule has 1 spiro atoms. The lowest BCUT2D eigenvalue weighted by atomic mass is 9.75. The lowest BCUT2D eigenvalue weighted by molar-refractivity contribution is 0.0126. The molecule has 1 aromatic rings. The molecule has 1 saturated carbocycles. The number of aromatic nitrogens is 1. The van der Waals surface area contributed by atoms with E-state index in [1.54, 1.807) is 4.90 Å². The van der Waals surface area contributed by atoms with E-state index in [2.05, 4.69) is 10.3 Å². The van der Waals surface area contributed by atoms with Crippen LogP contribution < -0.4 is 15.0 Å². The van der Waals surface area contributed by atoms with Crippen molar-refractivity contribution in [2.24, 2.45) is 0 Å². The van der Waals surface area contributed by atoms with Gasteiger partial charge in [0.05, 0.1) is 24.8 Å². The van der Waals surface area contributed by atoms with Crippen LogP contribution in [-0.4, -0.2) is 90.2 Å². The maximum atomic E-state index is 12.5. The van der Waals surface area contributed by atoms with Crippen molar-refractivity contribution in [3.05, 3.63) is 16.8 Å². The minimum absolute atomic E-state index is 0.00242. The van der Waals surface area contributed by atoms with E-state index in [0.717, 1.165) is 19.3 Å². The van der Waals surface area contributed by atoms with Crippen molar-refractivity contribution in [2.45, 2.75) is 57.2 Å². The van der Waals surface area contributed by atoms with E-state index in [9.17, 15) is 14.7 Å². The third-order valence-electron chi connectivity index (χ3n) is 6.44. The van der Waals surface area contributed by atoms with Crippen LogP contribution in [0.1, 0.15) is 50.4 Å². The Morgan fingerprint density at radius 1 is 1.35 bits per heavy atom. The second-order valence-corrected chi connectivity index (χ2v) is 10.5. The highest BCUT2D eigenvalue weighted by molar-refractivity contribution is 6.29. The van der Waals surface area contributed by atoms with Crippen molar-refractivity contribution in [3.63, 3.8) is 0 Å². The number of carboxylic acid groups (broad SMARTS) is 1. The zero-order chi connectivity index (χ0) is 24.5. The smallest absolute Gasteiger partial charge is 0.410 e. The number of piperazine rings is 1. The van der Waals surface area contributed by atoms with Crippen LogP contribution in [0.15, 0.2) is 6.07 Å². The van der Waals surface area contributed by atoms with E-state index in [0.29, 0.717) is 45.2 Å². The van der Waals surface area contributed by atoms with Crippen LogP contribution >= 0.6 is 11.6 Å². The molecule has 188 valence electrons. The summed E-state index contributed by atoms with van der Waals surface area (Å²) >= 11 is 6.32. The number of halogens is 1. The monoisotopic (exact) mass is 496 g/mol. The molecule has 1 atom stereocenters. The van der Waals surface area contributed by atoms with Crippen LogP contribution in [0.4, 0.5) is 10.6 Å². The molecule has 0 bridgehead atoms. The number of pyridine rings is 1. The molecule has 1 aromatic heterocycles. The van der Waals surface area contributed by atoms with Crippen molar-refractivity contribution in [3.8, 4) is 5.75 Å². The number of amides is 1. The van der Waals surface area contributed by atoms with Gasteiger partial charge in [0.15, 0.2) is 0 Å². The fourth-order valence-electron chi connectivity index (χ4n) is 4.67. The molecule has 3 aliphatic rings. The Balaban J connectivity index is 1.51. The van der Waals surface area contributed by atoms with Gasteiger partial charge in [0, 0.05) is 32.2 Å². The van der Waals surface area contributed by atoms with E-state index in [-0.39, 0.29) is 40.7 Å². The van der Waals surface area contributed by atoms with Gasteiger partial charge in [-0.15, -0.1) is 0 Å². The number of hydrogen-bond donors (Lipinski definition) is 2. The Morgan fingerprint density at radius 2 is 2.12 bits per heavy atom. The lowest BCUT2D eigenvalue weighted by Gasteiger charge is -2.53. The van der Waals surface area contributed by atoms with Crippen LogP contribution in [0, 0.1) is 0 Å². The number of carboxylic acids is 1. The van der Waals surface area contributed by atoms with Gasteiger partial charge < -0.3 is 34.4 Å². The first-order valence-electron chi connectivity index (χ1n) is 11.7. The molecule has 11 heteroatoms. The SMILES string of the molecule is CC(C)(C)OC(=O)N1CCN[C@@H](COc2cc(Cl)nc(N3CCOCC34CCC4)c2C(=O)O)C1. The second-order valence-electron chi connectivity index (χ2n) is 10.1. The van der Waals surface area contributed by atoms with Gasteiger partial charge in [-0.2, -0.15) is 0 Å². The van der Waals surface area contributed by atoms with Crippen LogP contribution in [0.5, 0.6) is 5.75 Å². The molecule has 0 unspecified atom stereocenters. The summed E-state index contributed by atoms with van der Waals surface area (Å²) in [5.74, 6) is -0.633. The molecular formula is C23H33ClN4O6. The number of anilines is 1. The van der Waals surface area contributed by atoms with Gasteiger partial charge in [0.25, 0.3) is 0 Å². The van der Waals surface area contributed by atoms with Crippen molar-refractivity contribution in [1.82, 2.24) is 15.2 Å². The molecular weight excluding hydrogens is 464 g/mol. The van der Waals surface area contributed by atoms with E-state index in [1.807, 2.05) is 25.7 Å². The van der Waals surface area contributed by atoms with Gasteiger partial charge in [0.2, 0.25) is 0 Å². The first kappa shape index (κ1) is 24.8. The van der Waals surface area contributed by atoms with Crippen LogP contribution in [0.3, 0.4) is 0 Å². The van der Waals surface area contributed by atoms with Crippen LogP contribution in [0.25, 0.3) is 0 Å². The van der Waals surface area contributed by atoms with E-state index in [1.165, 1.54) is 6.07 Å². The zero-order valence-electron chi connectivity index (χ0n) is 19.9. The average molecular weight is 497 g/mol. The highest BCUT2D eigenvalue weighted by Gasteiger charge is 2.47. The van der Waals surface area contributed by atoms with Gasteiger partial charge in [-0.1, -0.05) is 11.6 Å². The predicted octanol–water partition coefficient (Wildman–Crippen LogP) is 2.78.